The molecule has 0 bridgehead atoms. The van der Waals surface area contributed by atoms with Crippen LogP contribution in [0.2, 0.25) is 0 Å². The predicted molar refractivity (Wildman–Crippen MR) is 35.5 cm³/mol. The van der Waals surface area contributed by atoms with E-state index < -0.39 is 0 Å². The molecule has 0 saturated heterocycles. The van der Waals surface area contributed by atoms with Crippen molar-refractivity contribution in [3.8, 4) is 0 Å². The molecule has 9 heavy (non-hydrogen) atoms. The van der Waals surface area contributed by atoms with E-state index in [4.69, 9.17) is 5.73 Å². The molecule has 0 rings (SSSR count). The molecule has 0 fully saturated rings. The summed E-state index contributed by atoms with van der Waals surface area (Å²) in [6.45, 7) is 0.408. The third kappa shape index (κ3) is 3.05. The monoisotopic (exact) mass is 131 g/mol. The zero-order valence-corrected chi connectivity index (χ0v) is 5.85. The zero-order valence-electron chi connectivity index (χ0n) is 5.85. The van der Waals surface area contributed by atoms with Crippen molar-refractivity contribution in [3.05, 3.63) is 0 Å². The van der Waals surface area contributed by atoms with Crippen LogP contribution in [0.1, 0.15) is 6.42 Å². The highest BCUT2D eigenvalue weighted by Gasteiger charge is 2.02. The smallest absolute Gasteiger partial charge is 0.237 e. The van der Waals surface area contributed by atoms with Gasteiger partial charge in [-0.15, -0.1) is 0 Å². The molecule has 3 N–H and O–H groups in total. The van der Waals surface area contributed by atoms with Gasteiger partial charge in [0.25, 0.3) is 0 Å². The molecular weight excluding hydrogens is 118 g/mol. The first-order valence-corrected chi connectivity index (χ1v) is 2.86. The lowest BCUT2D eigenvalue weighted by molar-refractivity contribution is -0.132. The van der Waals surface area contributed by atoms with Crippen molar-refractivity contribution in [2.24, 2.45) is 5.73 Å². The van der Waals surface area contributed by atoms with Crippen molar-refractivity contribution in [2.45, 2.75) is 6.42 Å². The van der Waals surface area contributed by atoms with Crippen LogP contribution in [0.3, 0.4) is 0 Å². The average Bonchev–Trinajstić information content (AvgIpc) is 1.87. The van der Waals surface area contributed by atoms with Crippen molar-refractivity contribution in [2.75, 3.05) is 20.6 Å². The Morgan fingerprint density at radius 1 is 1.78 bits per heavy atom. The summed E-state index contributed by atoms with van der Waals surface area (Å²) in [4.78, 5) is 10.8. The fourth-order valence-electron chi connectivity index (χ4n) is 0.416. The van der Waals surface area contributed by atoms with Crippen LogP contribution in [0.15, 0.2) is 0 Å². The molecule has 0 aromatic rings. The third-order valence-corrected chi connectivity index (χ3v) is 1.07. The number of hydrogen-bond donors (Lipinski definition) is 2. The van der Waals surface area contributed by atoms with Crippen LogP contribution in [-0.4, -0.2) is 31.6 Å². The van der Waals surface area contributed by atoms with Crippen LogP contribution in [0.5, 0.6) is 0 Å². The van der Waals surface area contributed by atoms with Crippen molar-refractivity contribution >= 4 is 5.91 Å². The van der Waals surface area contributed by atoms with Crippen molar-refractivity contribution in [1.29, 1.82) is 0 Å². The maximum absolute atomic E-state index is 10.8. The molecule has 0 aromatic heterocycles. The maximum Gasteiger partial charge on any atom is 0.237 e. The van der Waals surface area contributed by atoms with Gasteiger partial charge in [0, 0.05) is 27.1 Å². The Kier molecular flexibility index (Phi) is 4.00. The van der Waals surface area contributed by atoms with Crippen LogP contribution >= 0.6 is 0 Å². The standard InChI is InChI=1S/C5H13N3O/c1-7-8(2)5(9)3-4-6/h7H,3-4,6H2,1-2H3. The number of nitrogens with zero attached hydrogens (tertiary/aromatic N) is 1. The summed E-state index contributed by atoms with van der Waals surface area (Å²) in [5.41, 5.74) is 7.82. The summed E-state index contributed by atoms with van der Waals surface area (Å²) in [5.74, 6) is 0.0139. The molecule has 0 aromatic carbocycles. The van der Waals surface area contributed by atoms with Crippen LogP contribution in [0, 0.1) is 0 Å². The lowest BCUT2D eigenvalue weighted by Crippen LogP contribution is -2.37. The van der Waals surface area contributed by atoms with Crippen LogP contribution < -0.4 is 11.2 Å². The van der Waals surface area contributed by atoms with E-state index in [1.54, 1.807) is 14.1 Å². The number of nitrogens with one attached hydrogen (secondary N) is 1. The molecule has 0 saturated carbocycles. The third-order valence-electron chi connectivity index (χ3n) is 1.07. The summed E-state index contributed by atoms with van der Waals surface area (Å²) in [6.07, 6.45) is 0.400. The van der Waals surface area contributed by atoms with Crippen LogP contribution in [-0.2, 0) is 4.79 Å². The highest BCUT2D eigenvalue weighted by atomic mass is 16.2. The minimum absolute atomic E-state index is 0.0139. The number of carbonyl (C=O) groups excluding carboxylic acids is 1. The Labute approximate surface area is 55.0 Å². The van der Waals surface area contributed by atoms with Gasteiger partial charge in [0.15, 0.2) is 0 Å². The van der Waals surface area contributed by atoms with Gasteiger partial charge in [-0.1, -0.05) is 0 Å². The molecule has 4 nitrogen and oxygen atoms in total. The van der Waals surface area contributed by atoms with E-state index >= 15 is 0 Å². The van der Waals surface area contributed by atoms with Gasteiger partial charge in [-0.3, -0.25) is 9.80 Å². The number of hydrazine groups is 1. The molecule has 0 heterocycles. The second-order valence-electron chi connectivity index (χ2n) is 1.72. The first kappa shape index (κ1) is 8.39. The number of carbonyl (C=O) groups is 1. The normalized spacial score (nSPS) is 9.22. The molecule has 0 aliphatic rings. The predicted octanol–water partition coefficient (Wildman–Crippen LogP) is -1.07. The molecule has 1 amide bonds. The fourth-order valence-corrected chi connectivity index (χ4v) is 0.416. The summed E-state index contributed by atoms with van der Waals surface area (Å²) < 4.78 is 0. The van der Waals surface area contributed by atoms with Gasteiger partial charge >= 0.3 is 0 Å². The molecular formula is C5H13N3O. The summed E-state index contributed by atoms with van der Waals surface area (Å²) in [7, 11) is 3.35. The van der Waals surface area contributed by atoms with E-state index in [2.05, 4.69) is 5.43 Å². The average molecular weight is 131 g/mol. The maximum atomic E-state index is 10.8. The fraction of sp³-hybridized carbons (Fsp3) is 0.800. The molecule has 0 spiro atoms. The molecule has 4 heteroatoms. The molecule has 54 valence electrons. The number of amides is 1. The summed E-state index contributed by atoms with van der Waals surface area (Å²) >= 11 is 0. The Balaban J connectivity index is 3.46. The van der Waals surface area contributed by atoms with Crippen LogP contribution in [0.25, 0.3) is 0 Å². The van der Waals surface area contributed by atoms with E-state index in [1.165, 1.54) is 5.01 Å². The Bertz CT molecular complexity index is 94.2. The van der Waals surface area contributed by atoms with Gasteiger partial charge in [-0.25, -0.2) is 5.43 Å². The topological polar surface area (TPSA) is 58.4 Å². The highest BCUT2D eigenvalue weighted by molar-refractivity contribution is 5.75. The van der Waals surface area contributed by atoms with Gasteiger partial charge in [0.1, 0.15) is 0 Å². The highest BCUT2D eigenvalue weighted by Crippen LogP contribution is 1.81. The minimum atomic E-state index is 0.0139. The number of hydrogen-bond acceptors (Lipinski definition) is 3. The summed E-state index contributed by atoms with van der Waals surface area (Å²) in [5, 5.41) is 1.41. The van der Waals surface area contributed by atoms with Gasteiger partial charge in [-0.05, 0) is 0 Å². The van der Waals surface area contributed by atoms with E-state index in [0.29, 0.717) is 13.0 Å². The minimum Gasteiger partial charge on any atom is -0.330 e. The van der Waals surface area contributed by atoms with Crippen molar-refractivity contribution in [1.82, 2.24) is 10.4 Å². The largest absolute Gasteiger partial charge is 0.330 e. The Hall–Kier alpha value is -0.610. The number of nitrogens with two attached hydrogens (primary N) is 1. The van der Waals surface area contributed by atoms with Gasteiger partial charge in [0.05, 0.1) is 0 Å². The zero-order chi connectivity index (χ0) is 7.28. The van der Waals surface area contributed by atoms with E-state index in [9.17, 15) is 4.79 Å². The summed E-state index contributed by atoms with van der Waals surface area (Å²) in [6, 6.07) is 0. The second kappa shape index (κ2) is 4.29. The van der Waals surface area contributed by atoms with Crippen LogP contribution in [0.4, 0.5) is 0 Å². The Morgan fingerprint density at radius 2 is 2.33 bits per heavy atom. The quantitative estimate of drug-likeness (QED) is 0.479. The molecule has 0 radical (unpaired) electrons. The number of rotatable bonds is 3. The molecule has 0 aliphatic heterocycles. The van der Waals surface area contributed by atoms with Gasteiger partial charge < -0.3 is 5.73 Å². The van der Waals surface area contributed by atoms with E-state index in [1.807, 2.05) is 0 Å². The molecule has 0 atom stereocenters. The lowest BCUT2D eigenvalue weighted by Gasteiger charge is -2.13. The first-order valence-electron chi connectivity index (χ1n) is 2.86. The first-order chi connectivity index (χ1) is 4.22. The van der Waals surface area contributed by atoms with E-state index in [-0.39, 0.29) is 5.91 Å². The van der Waals surface area contributed by atoms with Crippen molar-refractivity contribution in [3.63, 3.8) is 0 Å². The van der Waals surface area contributed by atoms with Crippen molar-refractivity contribution < 1.29 is 4.79 Å². The lowest BCUT2D eigenvalue weighted by atomic mass is 10.4. The SMILES string of the molecule is CNN(C)C(=O)CCN. The van der Waals surface area contributed by atoms with Gasteiger partial charge in [0.2, 0.25) is 5.91 Å². The second-order valence-corrected chi connectivity index (χ2v) is 1.72. The molecule has 0 unspecified atom stereocenters. The molecule has 0 aliphatic carbocycles. The Morgan fingerprint density at radius 3 is 2.67 bits per heavy atom. The van der Waals surface area contributed by atoms with E-state index in [0.717, 1.165) is 0 Å². The van der Waals surface area contributed by atoms with Gasteiger partial charge in [-0.2, -0.15) is 0 Å².